The van der Waals surface area contributed by atoms with E-state index in [2.05, 4.69) is 24.3 Å². The second-order valence-corrected chi connectivity index (χ2v) is 5.65. The van der Waals surface area contributed by atoms with Crippen molar-refractivity contribution in [1.29, 1.82) is 0 Å². The maximum atomic E-state index is 5.43. The molecule has 0 saturated carbocycles. The smallest absolute Gasteiger partial charge is 0.161 e. The molecule has 1 aliphatic rings. The van der Waals surface area contributed by atoms with Crippen LogP contribution >= 0.6 is 0 Å². The van der Waals surface area contributed by atoms with Crippen molar-refractivity contribution >= 4 is 12.2 Å². The van der Waals surface area contributed by atoms with Crippen LogP contribution in [0.15, 0.2) is 24.3 Å². The molecule has 0 saturated heterocycles. The van der Waals surface area contributed by atoms with E-state index in [4.69, 9.17) is 18.9 Å². The predicted molar refractivity (Wildman–Crippen MR) is 95.4 cm³/mol. The summed E-state index contributed by atoms with van der Waals surface area (Å²) in [6.07, 6.45) is 6.06. The first-order valence-corrected chi connectivity index (χ1v) is 7.88. The highest BCUT2D eigenvalue weighted by atomic mass is 16.5. The third-order valence-corrected chi connectivity index (χ3v) is 4.40. The monoisotopic (exact) mass is 326 g/mol. The third-order valence-electron chi connectivity index (χ3n) is 4.40. The fourth-order valence-corrected chi connectivity index (χ4v) is 3.07. The number of aryl methyl sites for hydroxylation is 2. The highest BCUT2D eigenvalue weighted by Crippen LogP contribution is 2.36. The minimum Gasteiger partial charge on any atom is -0.493 e. The lowest BCUT2D eigenvalue weighted by atomic mass is 9.92. The second-order valence-electron chi connectivity index (χ2n) is 5.65. The lowest BCUT2D eigenvalue weighted by Gasteiger charge is -2.17. The molecule has 0 bridgehead atoms. The van der Waals surface area contributed by atoms with Gasteiger partial charge in [-0.2, -0.15) is 0 Å². The van der Waals surface area contributed by atoms with Crippen LogP contribution in [-0.2, 0) is 12.8 Å². The van der Waals surface area contributed by atoms with Gasteiger partial charge in [0.25, 0.3) is 0 Å². The van der Waals surface area contributed by atoms with Crippen molar-refractivity contribution in [3.05, 3.63) is 46.5 Å². The SMILES string of the molecule is COc1cc2c(cc1OC)CCc1cc(OC)c(OC)cc1/C=C\2. The van der Waals surface area contributed by atoms with E-state index in [9.17, 15) is 0 Å². The van der Waals surface area contributed by atoms with Gasteiger partial charge in [-0.1, -0.05) is 12.2 Å². The molecule has 126 valence electrons. The number of fused-ring (bicyclic) bond motifs is 2. The number of ether oxygens (including phenoxy) is 4. The average molecular weight is 326 g/mol. The van der Waals surface area contributed by atoms with Crippen LogP contribution < -0.4 is 18.9 Å². The molecule has 0 radical (unpaired) electrons. The summed E-state index contributed by atoms with van der Waals surface area (Å²) >= 11 is 0. The molecule has 3 rings (SSSR count). The Kier molecular flexibility index (Phi) is 4.65. The Bertz CT molecular complexity index is 712. The fraction of sp³-hybridized carbons (Fsp3) is 0.300. The molecule has 0 unspecified atom stereocenters. The number of hydrogen-bond donors (Lipinski definition) is 0. The number of methoxy groups -OCH3 is 4. The molecule has 4 nitrogen and oxygen atoms in total. The molecule has 4 heteroatoms. The van der Waals surface area contributed by atoms with Gasteiger partial charge in [-0.3, -0.25) is 0 Å². The molecule has 0 atom stereocenters. The van der Waals surface area contributed by atoms with Crippen LogP contribution in [0.1, 0.15) is 22.3 Å². The number of rotatable bonds is 4. The van der Waals surface area contributed by atoms with Gasteiger partial charge >= 0.3 is 0 Å². The molecule has 0 amide bonds. The van der Waals surface area contributed by atoms with E-state index in [1.165, 1.54) is 11.1 Å². The van der Waals surface area contributed by atoms with Crippen LogP contribution in [-0.4, -0.2) is 28.4 Å². The molecule has 0 spiro atoms. The van der Waals surface area contributed by atoms with Crippen molar-refractivity contribution in [2.75, 3.05) is 28.4 Å². The van der Waals surface area contributed by atoms with Gasteiger partial charge < -0.3 is 18.9 Å². The predicted octanol–water partition coefficient (Wildman–Crippen LogP) is 3.99. The zero-order valence-corrected chi connectivity index (χ0v) is 14.5. The van der Waals surface area contributed by atoms with Crippen LogP contribution in [0.4, 0.5) is 0 Å². The van der Waals surface area contributed by atoms with Gasteiger partial charge in [0.15, 0.2) is 23.0 Å². The molecule has 1 aliphatic carbocycles. The minimum atomic E-state index is 0.744. The van der Waals surface area contributed by atoms with Crippen molar-refractivity contribution in [2.24, 2.45) is 0 Å². The fourth-order valence-electron chi connectivity index (χ4n) is 3.07. The normalized spacial score (nSPS) is 13.8. The first-order valence-electron chi connectivity index (χ1n) is 7.88. The van der Waals surface area contributed by atoms with E-state index < -0.39 is 0 Å². The van der Waals surface area contributed by atoms with Crippen molar-refractivity contribution in [1.82, 2.24) is 0 Å². The zero-order chi connectivity index (χ0) is 17.1. The van der Waals surface area contributed by atoms with Gasteiger partial charge in [0.2, 0.25) is 0 Å². The summed E-state index contributed by atoms with van der Waals surface area (Å²) in [4.78, 5) is 0. The van der Waals surface area contributed by atoms with Gasteiger partial charge in [-0.15, -0.1) is 0 Å². The van der Waals surface area contributed by atoms with Crippen LogP contribution in [0.5, 0.6) is 23.0 Å². The topological polar surface area (TPSA) is 36.9 Å². The molecule has 0 heterocycles. The Morgan fingerprint density at radius 1 is 0.542 bits per heavy atom. The molecule has 0 aromatic heterocycles. The standard InChI is InChI=1S/C20H22O4/c1-21-17-9-13-5-6-15-11-19(23-3)20(24-4)12-16(15)8-7-14(13)10-18(17)22-2/h5-6,9-12H,7-8H2,1-4H3/b6-5-. The summed E-state index contributed by atoms with van der Waals surface area (Å²) in [6, 6.07) is 8.17. The molecular weight excluding hydrogens is 304 g/mol. The van der Waals surface area contributed by atoms with Crippen LogP contribution in [0.3, 0.4) is 0 Å². The van der Waals surface area contributed by atoms with E-state index in [1.54, 1.807) is 28.4 Å². The maximum Gasteiger partial charge on any atom is 0.161 e. The minimum absolute atomic E-state index is 0.744. The van der Waals surface area contributed by atoms with Crippen LogP contribution in [0.2, 0.25) is 0 Å². The molecule has 0 aliphatic heterocycles. The van der Waals surface area contributed by atoms with E-state index in [0.29, 0.717) is 0 Å². The largest absolute Gasteiger partial charge is 0.493 e. The summed E-state index contributed by atoms with van der Waals surface area (Å²) in [5.74, 6) is 3.01. The Morgan fingerprint density at radius 2 is 0.875 bits per heavy atom. The Balaban J connectivity index is 2.07. The average Bonchev–Trinajstić information content (AvgIpc) is 2.62. The van der Waals surface area contributed by atoms with Crippen molar-refractivity contribution in [3.8, 4) is 23.0 Å². The summed E-state index contributed by atoms with van der Waals surface area (Å²) in [5.41, 5.74) is 4.77. The maximum absolute atomic E-state index is 5.43. The Morgan fingerprint density at radius 3 is 1.21 bits per heavy atom. The van der Waals surface area contributed by atoms with Gasteiger partial charge in [-0.05, 0) is 59.4 Å². The van der Waals surface area contributed by atoms with Crippen molar-refractivity contribution < 1.29 is 18.9 Å². The molecular formula is C20H22O4. The van der Waals surface area contributed by atoms with E-state index in [0.717, 1.165) is 47.0 Å². The Labute approximate surface area is 142 Å². The molecule has 0 fully saturated rings. The highest BCUT2D eigenvalue weighted by Gasteiger charge is 2.15. The van der Waals surface area contributed by atoms with E-state index >= 15 is 0 Å². The zero-order valence-electron chi connectivity index (χ0n) is 14.5. The summed E-state index contributed by atoms with van der Waals surface area (Å²) < 4.78 is 21.7. The van der Waals surface area contributed by atoms with E-state index in [1.807, 2.05) is 12.1 Å². The van der Waals surface area contributed by atoms with Crippen molar-refractivity contribution in [3.63, 3.8) is 0 Å². The lowest BCUT2D eigenvalue weighted by molar-refractivity contribution is 0.354. The number of benzene rings is 2. The Hall–Kier alpha value is -2.62. The highest BCUT2D eigenvalue weighted by molar-refractivity contribution is 5.76. The summed E-state index contributed by atoms with van der Waals surface area (Å²) in [5, 5.41) is 0. The lowest BCUT2D eigenvalue weighted by Crippen LogP contribution is -2.02. The molecule has 24 heavy (non-hydrogen) atoms. The van der Waals surface area contributed by atoms with E-state index in [-0.39, 0.29) is 0 Å². The van der Waals surface area contributed by atoms with Gasteiger partial charge in [0.05, 0.1) is 28.4 Å². The second kappa shape index (κ2) is 6.87. The first kappa shape index (κ1) is 16.2. The van der Waals surface area contributed by atoms with Crippen molar-refractivity contribution in [2.45, 2.75) is 12.8 Å². The number of hydrogen-bond acceptors (Lipinski definition) is 4. The molecule has 2 aromatic rings. The van der Waals surface area contributed by atoms with Gasteiger partial charge in [-0.25, -0.2) is 0 Å². The summed E-state index contributed by atoms with van der Waals surface area (Å²) in [7, 11) is 6.64. The molecule has 0 N–H and O–H groups in total. The van der Waals surface area contributed by atoms with Crippen LogP contribution in [0.25, 0.3) is 12.2 Å². The van der Waals surface area contributed by atoms with Gasteiger partial charge in [0, 0.05) is 0 Å². The van der Waals surface area contributed by atoms with Crippen LogP contribution in [0, 0.1) is 0 Å². The first-order chi connectivity index (χ1) is 11.7. The van der Waals surface area contributed by atoms with Gasteiger partial charge in [0.1, 0.15) is 0 Å². The quantitative estimate of drug-likeness (QED) is 0.851. The molecule has 2 aromatic carbocycles. The third kappa shape index (κ3) is 2.92. The summed E-state index contributed by atoms with van der Waals surface area (Å²) in [6.45, 7) is 0.